The van der Waals surface area contributed by atoms with Crippen LogP contribution in [0.1, 0.15) is 26.7 Å². The van der Waals surface area contributed by atoms with E-state index in [1.807, 2.05) is 0 Å². The van der Waals surface area contributed by atoms with Crippen molar-refractivity contribution in [2.45, 2.75) is 38.8 Å². The fraction of sp³-hybridized carbons (Fsp3) is 0.875. The number of nitrogens with one attached hydrogen (secondary N) is 1. The van der Waals surface area contributed by atoms with Crippen LogP contribution in [0.25, 0.3) is 0 Å². The molecule has 1 aliphatic carbocycles. The van der Waals surface area contributed by atoms with Gasteiger partial charge in [0.1, 0.15) is 0 Å². The van der Waals surface area contributed by atoms with Crippen molar-refractivity contribution >= 4 is 17.3 Å². The Morgan fingerprint density at radius 1 is 1.55 bits per heavy atom. The molecular weight excluding hydrogens is 156 g/mol. The van der Waals surface area contributed by atoms with Gasteiger partial charge in [0, 0.05) is 19.1 Å². The molecule has 1 fully saturated rings. The highest BCUT2D eigenvalue weighted by Gasteiger charge is 2.27. The van der Waals surface area contributed by atoms with E-state index >= 15 is 0 Å². The predicted octanol–water partition coefficient (Wildman–Crippen LogP) is 1.36. The van der Waals surface area contributed by atoms with E-state index in [1.165, 1.54) is 12.8 Å². The zero-order valence-corrected chi connectivity index (χ0v) is 8.24. The Kier molecular flexibility index (Phi) is 2.71. The summed E-state index contributed by atoms with van der Waals surface area (Å²) in [6, 6.07) is 1.16. The minimum atomic E-state index is 0.448. The van der Waals surface area contributed by atoms with Gasteiger partial charge in [-0.15, -0.1) is 0 Å². The lowest BCUT2D eigenvalue weighted by Crippen LogP contribution is -2.41. The molecule has 1 N–H and O–H groups in total. The Bertz CT molecular complexity index is 152. The second-order valence-electron chi connectivity index (χ2n) is 3.45. The normalized spacial score (nSPS) is 16.7. The van der Waals surface area contributed by atoms with Gasteiger partial charge in [-0.2, -0.15) is 0 Å². The first-order valence-corrected chi connectivity index (χ1v) is 4.55. The van der Waals surface area contributed by atoms with Crippen LogP contribution in [0, 0.1) is 0 Å². The van der Waals surface area contributed by atoms with Gasteiger partial charge in [0.15, 0.2) is 5.11 Å². The maximum Gasteiger partial charge on any atom is 0.169 e. The van der Waals surface area contributed by atoms with Crippen LogP contribution in [0.15, 0.2) is 0 Å². The molecule has 0 spiro atoms. The summed E-state index contributed by atoms with van der Waals surface area (Å²) in [5.41, 5.74) is 0. The van der Waals surface area contributed by atoms with E-state index in [0.717, 1.165) is 5.11 Å². The summed E-state index contributed by atoms with van der Waals surface area (Å²) in [4.78, 5) is 2.16. The van der Waals surface area contributed by atoms with Crippen LogP contribution in [0.4, 0.5) is 0 Å². The van der Waals surface area contributed by atoms with Crippen LogP contribution in [-0.4, -0.2) is 29.1 Å². The molecular formula is C8H16N2S. The third-order valence-electron chi connectivity index (χ3n) is 1.83. The number of hydrogen-bond acceptors (Lipinski definition) is 1. The summed E-state index contributed by atoms with van der Waals surface area (Å²) in [5, 5.41) is 4.11. The molecule has 0 aromatic carbocycles. The van der Waals surface area contributed by atoms with Gasteiger partial charge in [0.25, 0.3) is 0 Å². The Balaban J connectivity index is 2.27. The number of rotatable bonds is 2. The van der Waals surface area contributed by atoms with E-state index in [-0.39, 0.29) is 0 Å². The molecule has 0 aliphatic heterocycles. The topological polar surface area (TPSA) is 15.3 Å². The van der Waals surface area contributed by atoms with E-state index in [2.05, 4.69) is 31.1 Å². The van der Waals surface area contributed by atoms with Crippen molar-refractivity contribution in [3.63, 3.8) is 0 Å². The Hall–Kier alpha value is -0.310. The minimum absolute atomic E-state index is 0.448. The summed E-state index contributed by atoms with van der Waals surface area (Å²) >= 11 is 5.18. The number of nitrogens with zero attached hydrogens (tertiary/aromatic N) is 1. The van der Waals surface area contributed by atoms with E-state index < -0.39 is 0 Å². The van der Waals surface area contributed by atoms with Crippen LogP contribution >= 0.6 is 12.2 Å². The van der Waals surface area contributed by atoms with Crippen molar-refractivity contribution in [1.82, 2.24) is 10.2 Å². The molecule has 3 heteroatoms. The Morgan fingerprint density at radius 3 is 2.45 bits per heavy atom. The number of hydrogen-bond donors (Lipinski definition) is 1. The smallest absolute Gasteiger partial charge is 0.169 e. The monoisotopic (exact) mass is 172 g/mol. The molecule has 0 amide bonds. The van der Waals surface area contributed by atoms with Crippen LogP contribution in [0.5, 0.6) is 0 Å². The summed E-state index contributed by atoms with van der Waals surface area (Å²) in [5.74, 6) is 0. The first-order chi connectivity index (χ1) is 5.11. The van der Waals surface area contributed by atoms with Crippen LogP contribution < -0.4 is 5.32 Å². The van der Waals surface area contributed by atoms with Crippen LogP contribution in [0.2, 0.25) is 0 Å². The highest BCUT2D eigenvalue weighted by molar-refractivity contribution is 7.80. The maximum absolute atomic E-state index is 5.18. The Morgan fingerprint density at radius 2 is 2.09 bits per heavy atom. The van der Waals surface area contributed by atoms with E-state index in [0.29, 0.717) is 12.1 Å². The Labute approximate surface area is 74.0 Å². The second kappa shape index (κ2) is 3.39. The fourth-order valence-corrected chi connectivity index (χ4v) is 1.36. The first-order valence-electron chi connectivity index (χ1n) is 4.14. The summed E-state index contributed by atoms with van der Waals surface area (Å²) < 4.78 is 0. The minimum Gasteiger partial charge on any atom is -0.360 e. The fourth-order valence-electron chi connectivity index (χ4n) is 0.976. The lowest BCUT2D eigenvalue weighted by atomic mass is 10.4. The van der Waals surface area contributed by atoms with Gasteiger partial charge in [0.2, 0.25) is 0 Å². The molecule has 0 bridgehead atoms. The molecule has 2 nitrogen and oxygen atoms in total. The van der Waals surface area contributed by atoms with Crippen molar-refractivity contribution in [1.29, 1.82) is 0 Å². The van der Waals surface area contributed by atoms with Crippen molar-refractivity contribution < 1.29 is 0 Å². The average Bonchev–Trinajstić information content (AvgIpc) is 2.65. The maximum atomic E-state index is 5.18. The third kappa shape index (κ3) is 2.66. The van der Waals surface area contributed by atoms with Crippen molar-refractivity contribution in [3.8, 4) is 0 Å². The average molecular weight is 172 g/mol. The summed E-state index contributed by atoms with van der Waals surface area (Å²) in [6.07, 6.45) is 2.60. The molecule has 0 radical (unpaired) electrons. The third-order valence-corrected chi connectivity index (χ3v) is 2.23. The van der Waals surface area contributed by atoms with Crippen molar-refractivity contribution in [3.05, 3.63) is 0 Å². The van der Waals surface area contributed by atoms with E-state index in [4.69, 9.17) is 12.2 Å². The highest BCUT2D eigenvalue weighted by atomic mass is 32.1. The standard InChI is InChI=1S/C8H16N2S/c1-6(2)9-8(11)10(3)7-4-5-7/h6-7H,4-5H2,1-3H3,(H,9,11). The molecule has 64 valence electrons. The molecule has 0 aromatic heterocycles. The molecule has 1 rings (SSSR count). The zero-order chi connectivity index (χ0) is 8.43. The highest BCUT2D eigenvalue weighted by Crippen LogP contribution is 2.25. The predicted molar refractivity (Wildman–Crippen MR) is 51.7 cm³/mol. The second-order valence-corrected chi connectivity index (χ2v) is 3.83. The lowest BCUT2D eigenvalue weighted by molar-refractivity contribution is 0.476. The van der Waals surface area contributed by atoms with Crippen molar-refractivity contribution in [2.24, 2.45) is 0 Å². The molecule has 0 unspecified atom stereocenters. The lowest BCUT2D eigenvalue weighted by Gasteiger charge is -2.22. The molecule has 0 aromatic rings. The van der Waals surface area contributed by atoms with Gasteiger partial charge in [-0.25, -0.2) is 0 Å². The largest absolute Gasteiger partial charge is 0.360 e. The zero-order valence-electron chi connectivity index (χ0n) is 7.42. The molecule has 0 atom stereocenters. The SMILES string of the molecule is CC(C)NC(=S)N(C)C1CC1. The van der Waals surface area contributed by atoms with Crippen LogP contribution in [-0.2, 0) is 0 Å². The molecule has 0 saturated heterocycles. The molecule has 11 heavy (non-hydrogen) atoms. The summed E-state index contributed by atoms with van der Waals surface area (Å²) in [7, 11) is 2.06. The van der Waals surface area contributed by atoms with Crippen molar-refractivity contribution in [2.75, 3.05) is 7.05 Å². The molecule has 1 aliphatic rings. The van der Waals surface area contributed by atoms with Gasteiger partial charge in [-0.1, -0.05) is 0 Å². The van der Waals surface area contributed by atoms with Gasteiger partial charge in [-0.05, 0) is 38.9 Å². The van der Waals surface area contributed by atoms with E-state index in [1.54, 1.807) is 0 Å². The van der Waals surface area contributed by atoms with Gasteiger partial charge in [-0.3, -0.25) is 0 Å². The van der Waals surface area contributed by atoms with Crippen LogP contribution in [0.3, 0.4) is 0 Å². The van der Waals surface area contributed by atoms with Gasteiger partial charge in [0.05, 0.1) is 0 Å². The number of thiocarbonyl (C=S) groups is 1. The molecule has 1 saturated carbocycles. The first kappa shape index (κ1) is 8.78. The van der Waals surface area contributed by atoms with Gasteiger partial charge >= 0.3 is 0 Å². The van der Waals surface area contributed by atoms with E-state index in [9.17, 15) is 0 Å². The quantitative estimate of drug-likeness (QED) is 0.633. The van der Waals surface area contributed by atoms with Gasteiger partial charge < -0.3 is 10.2 Å². The summed E-state index contributed by atoms with van der Waals surface area (Å²) in [6.45, 7) is 4.21. The molecule has 0 heterocycles.